The number of carbonyl (C=O) groups excluding carboxylic acids is 1. The van der Waals surface area contributed by atoms with E-state index in [0.29, 0.717) is 5.82 Å². The number of nitrogens with zero attached hydrogens (tertiary/aromatic N) is 2. The lowest BCUT2D eigenvalue weighted by Crippen LogP contribution is -2.28. The van der Waals surface area contributed by atoms with E-state index in [9.17, 15) is 4.79 Å². The quantitative estimate of drug-likeness (QED) is 0.897. The highest BCUT2D eigenvalue weighted by molar-refractivity contribution is 5.92. The maximum Gasteiger partial charge on any atom is 0.228 e. The van der Waals surface area contributed by atoms with Crippen molar-refractivity contribution in [1.29, 1.82) is 0 Å². The molecule has 1 N–H and O–H groups in total. The summed E-state index contributed by atoms with van der Waals surface area (Å²) in [6.07, 6.45) is 5.03. The van der Waals surface area contributed by atoms with Gasteiger partial charge in [0.05, 0.1) is 5.69 Å². The van der Waals surface area contributed by atoms with Crippen molar-refractivity contribution in [2.24, 2.45) is 5.92 Å². The van der Waals surface area contributed by atoms with Crippen molar-refractivity contribution >= 4 is 11.7 Å². The first-order chi connectivity index (χ1) is 8.83. The van der Waals surface area contributed by atoms with Crippen LogP contribution in [0.2, 0.25) is 0 Å². The summed E-state index contributed by atoms with van der Waals surface area (Å²) in [5.41, 5.74) is 0.988. The Balaban J connectivity index is 1.71. The summed E-state index contributed by atoms with van der Waals surface area (Å²) < 4.78 is 1.76. The van der Waals surface area contributed by atoms with Crippen molar-refractivity contribution in [3.63, 3.8) is 0 Å². The molecule has 0 bridgehead atoms. The zero-order valence-electron chi connectivity index (χ0n) is 10.0. The summed E-state index contributed by atoms with van der Waals surface area (Å²) >= 11 is 0. The normalized spacial score (nSPS) is 15.1. The standard InChI is InChI=1S/C14H15N3O/c18-14(11-5-4-6-11)15-13-9-10-17(16-13)12-7-2-1-3-8-12/h1-3,7-11H,4-6H2,(H,15,16,18). The first-order valence-electron chi connectivity index (χ1n) is 6.25. The number of para-hydroxylation sites is 1. The van der Waals surface area contributed by atoms with Crippen molar-refractivity contribution in [2.75, 3.05) is 5.32 Å². The Hall–Kier alpha value is -2.10. The van der Waals surface area contributed by atoms with Crippen LogP contribution in [0.3, 0.4) is 0 Å². The van der Waals surface area contributed by atoms with E-state index in [1.54, 1.807) is 4.68 Å². The summed E-state index contributed by atoms with van der Waals surface area (Å²) in [6, 6.07) is 11.7. The molecule has 1 saturated carbocycles. The van der Waals surface area contributed by atoms with Gasteiger partial charge in [0, 0.05) is 18.2 Å². The third kappa shape index (κ3) is 2.14. The molecular formula is C14H15N3O. The molecule has 0 radical (unpaired) electrons. The summed E-state index contributed by atoms with van der Waals surface area (Å²) in [4.78, 5) is 11.8. The van der Waals surface area contributed by atoms with Crippen molar-refractivity contribution in [3.05, 3.63) is 42.6 Å². The molecule has 0 saturated heterocycles. The topological polar surface area (TPSA) is 46.9 Å². The van der Waals surface area contributed by atoms with Crippen LogP contribution in [0.25, 0.3) is 5.69 Å². The number of anilines is 1. The number of nitrogens with one attached hydrogen (secondary N) is 1. The van der Waals surface area contributed by atoms with E-state index < -0.39 is 0 Å². The van der Waals surface area contributed by atoms with E-state index >= 15 is 0 Å². The second-order valence-electron chi connectivity index (χ2n) is 4.60. The van der Waals surface area contributed by atoms with Crippen LogP contribution in [-0.4, -0.2) is 15.7 Å². The predicted octanol–water partition coefficient (Wildman–Crippen LogP) is 2.61. The molecule has 2 aromatic rings. The Labute approximate surface area is 106 Å². The van der Waals surface area contributed by atoms with Gasteiger partial charge in [0.15, 0.2) is 5.82 Å². The maximum absolute atomic E-state index is 11.8. The van der Waals surface area contributed by atoms with Crippen molar-refractivity contribution in [3.8, 4) is 5.69 Å². The fourth-order valence-electron chi connectivity index (χ4n) is 2.01. The van der Waals surface area contributed by atoms with E-state index in [1.807, 2.05) is 42.6 Å². The van der Waals surface area contributed by atoms with Gasteiger partial charge in [-0.2, -0.15) is 5.10 Å². The smallest absolute Gasteiger partial charge is 0.228 e. The van der Waals surface area contributed by atoms with Crippen LogP contribution in [0, 0.1) is 5.92 Å². The molecule has 3 rings (SSSR count). The highest BCUT2D eigenvalue weighted by Gasteiger charge is 2.25. The zero-order chi connectivity index (χ0) is 12.4. The number of hydrogen-bond acceptors (Lipinski definition) is 2. The van der Waals surface area contributed by atoms with Gasteiger partial charge in [-0.05, 0) is 25.0 Å². The average Bonchev–Trinajstić information content (AvgIpc) is 2.76. The molecule has 1 aromatic carbocycles. The molecule has 0 atom stereocenters. The molecule has 1 aliphatic carbocycles. The van der Waals surface area contributed by atoms with Crippen LogP contribution < -0.4 is 5.32 Å². The Morgan fingerprint density at radius 3 is 2.67 bits per heavy atom. The van der Waals surface area contributed by atoms with Crippen molar-refractivity contribution in [2.45, 2.75) is 19.3 Å². The second-order valence-corrected chi connectivity index (χ2v) is 4.60. The molecule has 0 unspecified atom stereocenters. The molecule has 0 aliphatic heterocycles. The van der Waals surface area contributed by atoms with Crippen LogP contribution in [0.4, 0.5) is 5.82 Å². The van der Waals surface area contributed by atoms with Gasteiger partial charge in [-0.3, -0.25) is 4.79 Å². The molecule has 1 heterocycles. The Bertz CT molecular complexity index is 543. The number of aromatic nitrogens is 2. The minimum Gasteiger partial charge on any atom is -0.309 e. The van der Waals surface area contributed by atoms with Gasteiger partial charge >= 0.3 is 0 Å². The lowest BCUT2D eigenvalue weighted by atomic mass is 9.85. The molecule has 92 valence electrons. The molecule has 1 aromatic heterocycles. The van der Waals surface area contributed by atoms with Gasteiger partial charge in [-0.25, -0.2) is 4.68 Å². The average molecular weight is 241 g/mol. The number of rotatable bonds is 3. The van der Waals surface area contributed by atoms with E-state index in [1.165, 1.54) is 0 Å². The fraction of sp³-hybridized carbons (Fsp3) is 0.286. The summed E-state index contributed by atoms with van der Waals surface area (Å²) in [6.45, 7) is 0. The Morgan fingerprint density at radius 2 is 2.00 bits per heavy atom. The highest BCUT2D eigenvalue weighted by atomic mass is 16.2. The van der Waals surface area contributed by atoms with Gasteiger partial charge in [0.25, 0.3) is 0 Å². The molecule has 4 heteroatoms. The number of carbonyl (C=O) groups is 1. The zero-order valence-corrected chi connectivity index (χ0v) is 10.0. The van der Waals surface area contributed by atoms with Gasteiger partial charge in [-0.15, -0.1) is 0 Å². The van der Waals surface area contributed by atoms with Gasteiger partial charge in [0.2, 0.25) is 5.91 Å². The lowest BCUT2D eigenvalue weighted by Gasteiger charge is -2.23. The SMILES string of the molecule is O=C(Nc1ccn(-c2ccccc2)n1)C1CCC1. The first kappa shape index (κ1) is 11.0. The van der Waals surface area contributed by atoms with E-state index in [2.05, 4.69) is 10.4 Å². The molecule has 0 spiro atoms. The van der Waals surface area contributed by atoms with Crippen LogP contribution >= 0.6 is 0 Å². The van der Waals surface area contributed by atoms with E-state index in [4.69, 9.17) is 0 Å². The van der Waals surface area contributed by atoms with Crippen LogP contribution in [0.15, 0.2) is 42.6 Å². The summed E-state index contributed by atoms with van der Waals surface area (Å²) in [5, 5.41) is 7.21. The second kappa shape index (κ2) is 4.64. The van der Waals surface area contributed by atoms with Crippen molar-refractivity contribution in [1.82, 2.24) is 9.78 Å². The third-order valence-electron chi connectivity index (χ3n) is 3.34. The maximum atomic E-state index is 11.8. The van der Waals surface area contributed by atoms with Crippen LogP contribution in [0.1, 0.15) is 19.3 Å². The Kier molecular flexibility index (Phi) is 2.84. The number of benzene rings is 1. The first-order valence-corrected chi connectivity index (χ1v) is 6.25. The fourth-order valence-corrected chi connectivity index (χ4v) is 2.01. The molecule has 18 heavy (non-hydrogen) atoms. The van der Waals surface area contributed by atoms with E-state index in [-0.39, 0.29) is 11.8 Å². The minimum atomic E-state index is 0.0968. The predicted molar refractivity (Wildman–Crippen MR) is 69.5 cm³/mol. The monoisotopic (exact) mass is 241 g/mol. The van der Waals surface area contributed by atoms with Gasteiger partial charge in [-0.1, -0.05) is 24.6 Å². The summed E-state index contributed by atoms with van der Waals surface area (Å²) in [5.74, 6) is 0.905. The molecule has 1 aliphatic rings. The largest absolute Gasteiger partial charge is 0.309 e. The van der Waals surface area contributed by atoms with Crippen molar-refractivity contribution < 1.29 is 4.79 Å². The molecule has 1 fully saturated rings. The molecule has 4 nitrogen and oxygen atoms in total. The Morgan fingerprint density at radius 1 is 1.22 bits per heavy atom. The minimum absolute atomic E-state index is 0.0968. The van der Waals surface area contributed by atoms with Crippen LogP contribution in [0.5, 0.6) is 0 Å². The summed E-state index contributed by atoms with van der Waals surface area (Å²) in [7, 11) is 0. The van der Waals surface area contributed by atoms with Crippen LogP contribution in [-0.2, 0) is 4.79 Å². The highest BCUT2D eigenvalue weighted by Crippen LogP contribution is 2.27. The third-order valence-corrected chi connectivity index (χ3v) is 3.34. The van der Waals surface area contributed by atoms with Gasteiger partial charge in [0.1, 0.15) is 0 Å². The van der Waals surface area contributed by atoms with Gasteiger partial charge < -0.3 is 5.32 Å². The molecular weight excluding hydrogens is 226 g/mol. The molecule has 1 amide bonds. The number of hydrogen-bond donors (Lipinski definition) is 1. The van der Waals surface area contributed by atoms with E-state index in [0.717, 1.165) is 24.9 Å². The number of amides is 1. The lowest BCUT2D eigenvalue weighted by molar-refractivity contribution is -0.122.